The summed E-state index contributed by atoms with van der Waals surface area (Å²) in [5.41, 5.74) is 2.61. The van der Waals surface area contributed by atoms with Crippen LogP contribution < -0.4 is 10.6 Å². The number of anilines is 1. The smallest absolute Gasteiger partial charge is 0.307 e. The second-order valence-corrected chi connectivity index (χ2v) is 9.46. The summed E-state index contributed by atoms with van der Waals surface area (Å²) in [6.45, 7) is 8.12. The maximum Gasteiger partial charge on any atom is 0.325 e. The summed E-state index contributed by atoms with van der Waals surface area (Å²) in [6, 6.07) is 7.99. The molecule has 0 fully saturated rings. The molecular weight excluding hydrogens is 424 g/mol. The molecule has 0 atom stereocenters. The summed E-state index contributed by atoms with van der Waals surface area (Å²) in [5, 5.41) is 5.40. The van der Waals surface area contributed by atoms with Crippen LogP contribution in [-0.2, 0) is 14.8 Å². The molecule has 0 aliphatic rings. The maximum atomic E-state index is 12.5. The normalized spacial score (nSPS) is 11.4. The molecule has 0 saturated carbocycles. The lowest BCUT2D eigenvalue weighted by atomic mass is 10.1. The highest BCUT2D eigenvalue weighted by Gasteiger charge is 2.21. The van der Waals surface area contributed by atoms with E-state index in [0.29, 0.717) is 23.8 Å². The molecule has 0 bridgehead atoms. The standard InChI is InChI=1S/C20H26N4O4S2/c1-5-24(6-2)30(27,28)16-8-10-19(21-12-16)29-13-18(25)23-20(26)22-17-9-7-14(3)11-15(17)4/h7-12H,5-6,13H2,1-4H3,(H2,22,23,25,26). The molecule has 1 aromatic carbocycles. The predicted molar refractivity (Wildman–Crippen MR) is 118 cm³/mol. The Kier molecular flexibility index (Phi) is 8.39. The lowest BCUT2D eigenvalue weighted by molar-refractivity contribution is -0.117. The highest BCUT2D eigenvalue weighted by atomic mass is 32.2. The van der Waals surface area contributed by atoms with E-state index in [9.17, 15) is 18.0 Å². The van der Waals surface area contributed by atoms with Crippen LogP contribution in [0.25, 0.3) is 0 Å². The zero-order chi connectivity index (χ0) is 22.3. The third kappa shape index (κ3) is 6.28. The third-order valence-corrected chi connectivity index (χ3v) is 7.26. The Morgan fingerprint density at radius 2 is 1.80 bits per heavy atom. The molecule has 10 heteroatoms. The van der Waals surface area contributed by atoms with E-state index in [-0.39, 0.29) is 10.6 Å². The first-order valence-corrected chi connectivity index (χ1v) is 11.9. The van der Waals surface area contributed by atoms with Crippen LogP contribution in [0.15, 0.2) is 46.5 Å². The molecule has 3 amide bonds. The maximum absolute atomic E-state index is 12.5. The first-order valence-electron chi connectivity index (χ1n) is 9.44. The van der Waals surface area contributed by atoms with Crippen LogP contribution in [-0.4, -0.2) is 48.5 Å². The molecule has 2 rings (SSSR count). The number of sulfonamides is 1. The highest BCUT2D eigenvalue weighted by molar-refractivity contribution is 7.99. The van der Waals surface area contributed by atoms with Crippen molar-refractivity contribution in [3.05, 3.63) is 47.7 Å². The van der Waals surface area contributed by atoms with Gasteiger partial charge in [-0.05, 0) is 37.6 Å². The Labute approximate surface area is 181 Å². The molecule has 0 aliphatic carbocycles. The van der Waals surface area contributed by atoms with Crippen molar-refractivity contribution in [2.45, 2.75) is 37.6 Å². The van der Waals surface area contributed by atoms with E-state index < -0.39 is 22.0 Å². The van der Waals surface area contributed by atoms with Gasteiger partial charge in [-0.2, -0.15) is 4.31 Å². The van der Waals surface area contributed by atoms with E-state index in [2.05, 4.69) is 15.6 Å². The number of rotatable bonds is 8. The second kappa shape index (κ2) is 10.6. The number of nitrogens with one attached hydrogen (secondary N) is 2. The molecule has 2 N–H and O–H groups in total. The molecule has 0 unspecified atom stereocenters. The number of hydrogen-bond donors (Lipinski definition) is 2. The molecular formula is C20H26N4O4S2. The molecule has 1 heterocycles. The van der Waals surface area contributed by atoms with Gasteiger partial charge in [0.2, 0.25) is 15.9 Å². The molecule has 1 aromatic heterocycles. The summed E-state index contributed by atoms with van der Waals surface area (Å²) in [7, 11) is -3.57. The number of amides is 3. The lowest BCUT2D eigenvalue weighted by Gasteiger charge is -2.18. The minimum atomic E-state index is -3.57. The molecule has 0 spiro atoms. The van der Waals surface area contributed by atoms with Crippen molar-refractivity contribution in [1.82, 2.24) is 14.6 Å². The zero-order valence-electron chi connectivity index (χ0n) is 17.4. The average Bonchev–Trinajstić information content (AvgIpc) is 2.69. The molecule has 0 radical (unpaired) electrons. The first kappa shape index (κ1) is 23.8. The van der Waals surface area contributed by atoms with E-state index in [4.69, 9.17) is 0 Å². The van der Waals surface area contributed by atoms with Crippen molar-refractivity contribution >= 4 is 39.4 Å². The number of aryl methyl sites for hydroxylation is 2. The van der Waals surface area contributed by atoms with Gasteiger partial charge in [-0.15, -0.1) is 0 Å². The minimum Gasteiger partial charge on any atom is -0.307 e. The summed E-state index contributed by atoms with van der Waals surface area (Å²) < 4.78 is 26.3. The van der Waals surface area contributed by atoms with Crippen LogP contribution in [0.2, 0.25) is 0 Å². The third-order valence-electron chi connectivity index (χ3n) is 4.29. The Balaban J connectivity index is 1.89. The Hall–Kier alpha value is -2.43. The van der Waals surface area contributed by atoms with Gasteiger partial charge in [0, 0.05) is 25.0 Å². The van der Waals surface area contributed by atoms with E-state index in [1.54, 1.807) is 26.0 Å². The number of aromatic nitrogens is 1. The fourth-order valence-electron chi connectivity index (χ4n) is 2.73. The van der Waals surface area contributed by atoms with Crippen molar-refractivity contribution in [1.29, 1.82) is 0 Å². The fraction of sp³-hybridized carbons (Fsp3) is 0.350. The number of hydrogen-bond acceptors (Lipinski definition) is 6. The number of urea groups is 1. The van der Waals surface area contributed by atoms with Gasteiger partial charge in [0.1, 0.15) is 4.90 Å². The number of nitrogens with zero attached hydrogens (tertiary/aromatic N) is 2. The zero-order valence-corrected chi connectivity index (χ0v) is 19.1. The van der Waals surface area contributed by atoms with Crippen LogP contribution in [0.5, 0.6) is 0 Å². The van der Waals surface area contributed by atoms with Gasteiger partial charge < -0.3 is 5.32 Å². The van der Waals surface area contributed by atoms with Gasteiger partial charge in [-0.3, -0.25) is 10.1 Å². The van der Waals surface area contributed by atoms with Gasteiger partial charge in [0.15, 0.2) is 0 Å². The predicted octanol–water partition coefficient (Wildman–Crippen LogP) is 3.17. The number of carbonyl (C=O) groups excluding carboxylic acids is 2. The number of imide groups is 1. The van der Waals surface area contributed by atoms with Crippen molar-refractivity contribution in [3.8, 4) is 0 Å². The second-order valence-electron chi connectivity index (χ2n) is 6.53. The van der Waals surface area contributed by atoms with Crippen molar-refractivity contribution in [2.75, 3.05) is 24.2 Å². The molecule has 0 aliphatic heterocycles. The molecule has 0 saturated heterocycles. The number of thioether (sulfide) groups is 1. The van der Waals surface area contributed by atoms with Crippen molar-refractivity contribution in [3.63, 3.8) is 0 Å². The van der Waals surface area contributed by atoms with Crippen LogP contribution in [0, 0.1) is 13.8 Å². The van der Waals surface area contributed by atoms with Crippen LogP contribution in [0.4, 0.5) is 10.5 Å². The van der Waals surface area contributed by atoms with Crippen LogP contribution >= 0.6 is 11.8 Å². The van der Waals surface area contributed by atoms with Crippen molar-refractivity contribution < 1.29 is 18.0 Å². The fourth-order valence-corrected chi connectivity index (χ4v) is 4.77. The quantitative estimate of drug-likeness (QED) is 0.598. The molecule has 30 heavy (non-hydrogen) atoms. The van der Waals surface area contributed by atoms with Gasteiger partial charge in [0.25, 0.3) is 0 Å². The van der Waals surface area contributed by atoms with E-state index >= 15 is 0 Å². The van der Waals surface area contributed by atoms with Gasteiger partial charge in [-0.25, -0.2) is 18.2 Å². The number of pyridine rings is 1. The Morgan fingerprint density at radius 3 is 2.37 bits per heavy atom. The Bertz CT molecular complexity index is 1000. The topological polar surface area (TPSA) is 108 Å². The van der Waals surface area contributed by atoms with Gasteiger partial charge in [0.05, 0.1) is 10.8 Å². The van der Waals surface area contributed by atoms with E-state index in [0.717, 1.165) is 22.9 Å². The van der Waals surface area contributed by atoms with Crippen LogP contribution in [0.1, 0.15) is 25.0 Å². The summed E-state index contributed by atoms with van der Waals surface area (Å²) in [6.07, 6.45) is 1.28. The number of carbonyl (C=O) groups is 2. The van der Waals surface area contributed by atoms with Gasteiger partial charge in [-0.1, -0.05) is 43.3 Å². The monoisotopic (exact) mass is 450 g/mol. The summed E-state index contributed by atoms with van der Waals surface area (Å²) in [5.74, 6) is -0.515. The largest absolute Gasteiger partial charge is 0.325 e. The summed E-state index contributed by atoms with van der Waals surface area (Å²) in [4.78, 5) is 28.2. The molecule has 8 nitrogen and oxygen atoms in total. The van der Waals surface area contributed by atoms with E-state index in [1.165, 1.54) is 16.6 Å². The average molecular weight is 451 g/mol. The highest BCUT2D eigenvalue weighted by Crippen LogP contribution is 2.20. The van der Waals surface area contributed by atoms with Crippen LogP contribution in [0.3, 0.4) is 0 Å². The molecule has 162 valence electrons. The lowest BCUT2D eigenvalue weighted by Crippen LogP contribution is -2.35. The van der Waals surface area contributed by atoms with Crippen molar-refractivity contribution in [2.24, 2.45) is 0 Å². The first-order chi connectivity index (χ1) is 14.2. The minimum absolute atomic E-state index is 0.0323. The van der Waals surface area contributed by atoms with E-state index in [1.807, 2.05) is 26.0 Å². The SMILES string of the molecule is CCN(CC)S(=O)(=O)c1ccc(SCC(=O)NC(=O)Nc2ccc(C)cc2C)nc1. The Morgan fingerprint density at radius 1 is 1.10 bits per heavy atom. The summed E-state index contributed by atoms with van der Waals surface area (Å²) >= 11 is 1.11. The molecule has 2 aromatic rings. The number of benzene rings is 1. The van der Waals surface area contributed by atoms with Gasteiger partial charge >= 0.3 is 6.03 Å².